The summed E-state index contributed by atoms with van der Waals surface area (Å²) < 4.78 is 9.93. The Morgan fingerprint density at radius 3 is 2.65 bits per heavy atom. The average Bonchev–Trinajstić information content (AvgIpc) is 3.06. The lowest BCUT2D eigenvalue weighted by Gasteiger charge is -2.08. The molecule has 0 atom stereocenters. The van der Waals surface area contributed by atoms with E-state index in [1.165, 1.54) is 18.4 Å². The minimum Gasteiger partial charge on any atom is -0.496 e. The molecular weight excluding hydrogens is 314 g/mol. The van der Waals surface area contributed by atoms with E-state index < -0.39 is 0 Å². The number of para-hydroxylation sites is 1. The number of carbonyl (C=O) groups is 2. The predicted octanol–water partition coefficient (Wildman–Crippen LogP) is 2.79. The van der Waals surface area contributed by atoms with Gasteiger partial charge in [-0.15, -0.1) is 11.3 Å². The van der Waals surface area contributed by atoms with Crippen LogP contribution < -0.4 is 10.1 Å². The van der Waals surface area contributed by atoms with Crippen LogP contribution >= 0.6 is 11.3 Å². The molecule has 0 radical (unpaired) electrons. The van der Waals surface area contributed by atoms with Gasteiger partial charge in [0.05, 0.1) is 20.8 Å². The molecule has 122 valence electrons. The third kappa shape index (κ3) is 4.82. The van der Waals surface area contributed by atoms with E-state index >= 15 is 0 Å². The van der Waals surface area contributed by atoms with Crippen LogP contribution in [0.5, 0.6) is 5.75 Å². The molecule has 2 aromatic rings. The lowest BCUT2D eigenvalue weighted by atomic mass is 10.1. The number of carbonyl (C=O) groups excluding carboxylic acids is 2. The van der Waals surface area contributed by atoms with Gasteiger partial charge in [0.2, 0.25) is 5.91 Å². The topological polar surface area (TPSA) is 64.6 Å². The number of ether oxygens (including phenoxy) is 2. The van der Waals surface area contributed by atoms with Crippen molar-refractivity contribution >= 4 is 23.2 Å². The summed E-state index contributed by atoms with van der Waals surface area (Å²) in [5.74, 6) is 0.397. The Morgan fingerprint density at radius 2 is 1.91 bits per heavy atom. The van der Waals surface area contributed by atoms with Crippen molar-refractivity contribution < 1.29 is 19.1 Å². The minimum atomic E-state index is -0.358. The Hall–Kier alpha value is -2.34. The zero-order valence-electron chi connectivity index (χ0n) is 13.1. The molecule has 1 heterocycles. The summed E-state index contributed by atoms with van der Waals surface area (Å²) in [6, 6.07) is 11.2. The standard InChI is InChI=1S/C17H19NO4S/c1-21-14-6-4-3-5-12(14)7-10-16(19)18-11-13-8-9-15(23-13)17(20)22-2/h3-6,8-9H,7,10-11H2,1-2H3,(H,18,19). The Morgan fingerprint density at radius 1 is 1.13 bits per heavy atom. The van der Waals surface area contributed by atoms with Crippen LogP contribution in [0.15, 0.2) is 36.4 Å². The van der Waals surface area contributed by atoms with E-state index in [-0.39, 0.29) is 11.9 Å². The second-order valence-corrected chi connectivity index (χ2v) is 6.01. The summed E-state index contributed by atoms with van der Waals surface area (Å²) in [7, 11) is 2.97. The third-order valence-corrected chi connectivity index (χ3v) is 4.39. The molecule has 0 unspecified atom stereocenters. The molecule has 2 rings (SSSR count). The molecule has 5 nitrogen and oxygen atoms in total. The predicted molar refractivity (Wildman–Crippen MR) is 88.8 cm³/mol. The highest BCUT2D eigenvalue weighted by molar-refractivity contribution is 7.13. The lowest BCUT2D eigenvalue weighted by molar-refractivity contribution is -0.121. The van der Waals surface area contributed by atoms with Gasteiger partial charge in [-0.1, -0.05) is 18.2 Å². The molecular formula is C17H19NO4S. The Bertz CT molecular complexity index is 681. The molecule has 1 aromatic heterocycles. The first-order valence-corrected chi connectivity index (χ1v) is 8.01. The van der Waals surface area contributed by atoms with Crippen molar-refractivity contribution in [2.45, 2.75) is 19.4 Å². The number of benzene rings is 1. The third-order valence-electron chi connectivity index (χ3n) is 3.32. The van der Waals surface area contributed by atoms with Gasteiger partial charge in [-0.25, -0.2) is 4.79 Å². The molecule has 0 bridgehead atoms. The van der Waals surface area contributed by atoms with Crippen molar-refractivity contribution in [3.8, 4) is 5.75 Å². The van der Waals surface area contributed by atoms with Gasteiger partial charge in [0.25, 0.3) is 0 Å². The molecule has 0 aliphatic heterocycles. The van der Waals surface area contributed by atoms with Crippen LogP contribution in [-0.4, -0.2) is 26.1 Å². The SMILES string of the molecule is COC(=O)c1ccc(CNC(=O)CCc2ccccc2OC)s1. The Labute approximate surface area is 139 Å². The molecule has 0 fully saturated rings. The van der Waals surface area contributed by atoms with Crippen LogP contribution in [0.1, 0.15) is 26.5 Å². The van der Waals surface area contributed by atoms with Gasteiger partial charge in [-0.05, 0) is 30.2 Å². The Kier molecular flexibility index (Phi) is 6.17. The fourth-order valence-electron chi connectivity index (χ4n) is 2.12. The van der Waals surface area contributed by atoms with Crippen molar-refractivity contribution in [1.29, 1.82) is 0 Å². The van der Waals surface area contributed by atoms with Crippen LogP contribution in [0.2, 0.25) is 0 Å². The molecule has 1 aromatic carbocycles. The summed E-state index contributed by atoms with van der Waals surface area (Å²) in [5.41, 5.74) is 1.01. The van der Waals surface area contributed by atoms with Crippen LogP contribution in [0.4, 0.5) is 0 Å². The maximum absolute atomic E-state index is 11.9. The first-order valence-electron chi connectivity index (χ1n) is 7.19. The number of hydrogen-bond donors (Lipinski definition) is 1. The number of aryl methyl sites for hydroxylation is 1. The fourth-order valence-corrected chi connectivity index (χ4v) is 2.98. The lowest BCUT2D eigenvalue weighted by Crippen LogP contribution is -2.22. The van der Waals surface area contributed by atoms with Gasteiger partial charge in [-0.3, -0.25) is 4.79 Å². The molecule has 0 spiro atoms. The van der Waals surface area contributed by atoms with Crippen molar-refractivity contribution in [1.82, 2.24) is 5.32 Å². The number of methoxy groups -OCH3 is 2. The van der Waals surface area contributed by atoms with Crippen LogP contribution in [0.25, 0.3) is 0 Å². The highest BCUT2D eigenvalue weighted by atomic mass is 32.1. The van der Waals surface area contributed by atoms with E-state index in [4.69, 9.17) is 4.74 Å². The average molecular weight is 333 g/mol. The molecule has 6 heteroatoms. The molecule has 0 saturated carbocycles. The zero-order chi connectivity index (χ0) is 16.7. The van der Waals surface area contributed by atoms with Gasteiger partial charge in [0.1, 0.15) is 10.6 Å². The Balaban J connectivity index is 1.81. The largest absolute Gasteiger partial charge is 0.496 e. The number of rotatable bonds is 7. The minimum absolute atomic E-state index is 0.0380. The quantitative estimate of drug-likeness (QED) is 0.791. The molecule has 1 N–H and O–H groups in total. The van der Waals surface area contributed by atoms with E-state index in [1.54, 1.807) is 13.2 Å². The van der Waals surface area contributed by atoms with Crippen LogP contribution in [-0.2, 0) is 22.5 Å². The molecule has 1 amide bonds. The van der Waals surface area contributed by atoms with Gasteiger partial charge >= 0.3 is 5.97 Å². The van der Waals surface area contributed by atoms with E-state index in [0.29, 0.717) is 24.3 Å². The van der Waals surface area contributed by atoms with Crippen molar-refractivity contribution in [3.05, 3.63) is 51.7 Å². The first kappa shape index (κ1) is 17.0. The molecule has 0 saturated heterocycles. The highest BCUT2D eigenvalue weighted by Gasteiger charge is 2.10. The van der Waals surface area contributed by atoms with Gasteiger partial charge < -0.3 is 14.8 Å². The van der Waals surface area contributed by atoms with E-state index in [1.807, 2.05) is 30.3 Å². The van der Waals surface area contributed by atoms with Gasteiger partial charge in [0, 0.05) is 11.3 Å². The second kappa shape index (κ2) is 8.33. The zero-order valence-corrected chi connectivity index (χ0v) is 13.9. The van der Waals surface area contributed by atoms with Crippen LogP contribution in [0.3, 0.4) is 0 Å². The van der Waals surface area contributed by atoms with Crippen molar-refractivity contribution in [3.63, 3.8) is 0 Å². The highest BCUT2D eigenvalue weighted by Crippen LogP contribution is 2.19. The second-order valence-electron chi connectivity index (χ2n) is 4.85. The summed E-state index contributed by atoms with van der Waals surface area (Å²) in [4.78, 5) is 24.8. The summed E-state index contributed by atoms with van der Waals surface area (Å²) in [6.45, 7) is 0.409. The van der Waals surface area contributed by atoms with E-state index in [2.05, 4.69) is 10.1 Å². The first-order chi connectivity index (χ1) is 11.1. The van der Waals surface area contributed by atoms with Gasteiger partial charge in [0.15, 0.2) is 0 Å². The maximum Gasteiger partial charge on any atom is 0.348 e. The monoisotopic (exact) mass is 333 g/mol. The molecule has 0 aliphatic rings. The summed E-state index contributed by atoms with van der Waals surface area (Å²) in [6.07, 6.45) is 1.00. The summed E-state index contributed by atoms with van der Waals surface area (Å²) >= 11 is 1.32. The molecule has 0 aliphatic carbocycles. The maximum atomic E-state index is 11.9. The number of hydrogen-bond acceptors (Lipinski definition) is 5. The van der Waals surface area contributed by atoms with E-state index in [9.17, 15) is 9.59 Å². The van der Waals surface area contributed by atoms with Crippen molar-refractivity contribution in [2.24, 2.45) is 0 Å². The normalized spacial score (nSPS) is 10.2. The van der Waals surface area contributed by atoms with Crippen LogP contribution in [0, 0.1) is 0 Å². The van der Waals surface area contributed by atoms with Crippen molar-refractivity contribution in [2.75, 3.05) is 14.2 Å². The van der Waals surface area contributed by atoms with E-state index in [0.717, 1.165) is 16.2 Å². The number of nitrogens with one attached hydrogen (secondary N) is 1. The smallest absolute Gasteiger partial charge is 0.348 e. The van der Waals surface area contributed by atoms with Gasteiger partial charge in [-0.2, -0.15) is 0 Å². The molecule has 23 heavy (non-hydrogen) atoms. The number of amides is 1. The number of esters is 1. The fraction of sp³-hybridized carbons (Fsp3) is 0.294. The number of thiophene rings is 1. The summed E-state index contributed by atoms with van der Waals surface area (Å²) in [5, 5.41) is 2.86.